The highest BCUT2D eigenvalue weighted by Crippen LogP contribution is 2.19. The lowest BCUT2D eigenvalue weighted by Gasteiger charge is -2.14. The molecule has 96 valence electrons. The maximum Gasteiger partial charge on any atom is 0.241 e. The highest BCUT2D eigenvalue weighted by Gasteiger charge is 2.19. The van der Waals surface area contributed by atoms with E-state index >= 15 is 0 Å². The smallest absolute Gasteiger partial charge is 0.241 e. The van der Waals surface area contributed by atoms with Crippen LogP contribution in [0.4, 0.5) is 4.39 Å². The van der Waals surface area contributed by atoms with Crippen LogP contribution in [0.5, 0.6) is 0 Å². The fourth-order valence-electron chi connectivity index (χ4n) is 1.18. The summed E-state index contributed by atoms with van der Waals surface area (Å²) in [6, 6.07) is 2.98. The van der Waals surface area contributed by atoms with Gasteiger partial charge in [0.25, 0.3) is 0 Å². The molecule has 1 atom stereocenters. The van der Waals surface area contributed by atoms with Crippen molar-refractivity contribution >= 4 is 26.0 Å². The van der Waals surface area contributed by atoms with Crippen molar-refractivity contribution in [3.8, 4) is 0 Å². The van der Waals surface area contributed by atoms with E-state index in [2.05, 4.69) is 20.7 Å². The average molecular weight is 326 g/mol. The summed E-state index contributed by atoms with van der Waals surface area (Å²) in [5.74, 6) is -0.648. The number of benzene rings is 1. The molecule has 1 rings (SSSR count). The average Bonchev–Trinajstić information content (AvgIpc) is 2.29. The van der Waals surface area contributed by atoms with Gasteiger partial charge in [-0.05, 0) is 40.5 Å². The van der Waals surface area contributed by atoms with Crippen LogP contribution >= 0.6 is 15.9 Å². The van der Waals surface area contributed by atoms with E-state index < -0.39 is 21.9 Å². The summed E-state index contributed by atoms with van der Waals surface area (Å²) >= 11 is 2.94. The lowest BCUT2D eigenvalue weighted by Crippen LogP contribution is -2.36. The first-order valence-electron chi connectivity index (χ1n) is 4.99. The van der Waals surface area contributed by atoms with Crippen LogP contribution in [0.15, 0.2) is 27.6 Å². The minimum absolute atomic E-state index is 0.162. The minimum Gasteiger partial charge on any atom is -0.395 e. The van der Waals surface area contributed by atoms with Gasteiger partial charge in [0.05, 0.1) is 16.0 Å². The first-order chi connectivity index (χ1) is 7.90. The third-order valence-electron chi connectivity index (χ3n) is 2.24. The Kier molecular flexibility index (Phi) is 5.05. The zero-order chi connectivity index (χ0) is 13.1. The highest BCUT2D eigenvalue weighted by atomic mass is 79.9. The van der Waals surface area contributed by atoms with Gasteiger partial charge in [0.1, 0.15) is 5.82 Å². The molecule has 0 spiro atoms. The quantitative estimate of drug-likeness (QED) is 0.864. The fourth-order valence-corrected chi connectivity index (χ4v) is 2.75. The number of rotatable bonds is 5. The first kappa shape index (κ1) is 14.6. The van der Waals surface area contributed by atoms with Crippen LogP contribution in [-0.4, -0.2) is 26.2 Å². The third kappa shape index (κ3) is 3.74. The number of sulfonamides is 1. The Labute approximate surface area is 108 Å². The van der Waals surface area contributed by atoms with Gasteiger partial charge in [-0.2, -0.15) is 0 Å². The molecule has 7 heteroatoms. The molecular weight excluding hydrogens is 313 g/mol. The molecule has 1 aromatic carbocycles. The number of halogens is 2. The van der Waals surface area contributed by atoms with Crippen molar-refractivity contribution in [1.29, 1.82) is 0 Å². The van der Waals surface area contributed by atoms with Crippen LogP contribution < -0.4 is 4.72 Å². The molecule has 1 unspecified atom stereocenters. The molecule has 0 heterocycles. The van der Waals surface area contributed by atoms with Crippen molar-refractivity contribution < 1.29 is 17.9 Å². The third-order valence-corrected chi connectivity index (χ3v) is 4.40. The number of hydrogen-bond donors (Lipinski definition) is 2. The molecule has 0 aromatic heterocycles. The first-order valence-corrected chi connectivity index (χ1v) is 7.26. The van der Waals surface area contributed by atoms with Crippen molar-refractivity contribution in [2.24, 2.45) is 0 Å². The normalized spacial score (nSPS) is 13.6. The number of aliphatic hydroxyl groups excluding tert-OH is 1. The van der Waals surface area contributed by atoms with E-state index in [-0.39, 0.29) is 16.0 Å². The number of hydrogen-bond acceptors (Lipinski definition) is 3. The summed E-state index contributed by atoms with van der Waals surface area (Å²) in [6.07, 6.45) is 0.453. The lowest BCUT2D eigenvalue weighted by atomic mass is 10.3. The molecule has 17 heavy (non-hydrogen) atoms. The van der Waals surface area contributed by atoms with Gasteiger partial charge in [-0.1, -0.05) is 6.92 Å². The second-order valence-corrected chi connectivity index (χ2v) is 6.05. The molecule has 1 aromatic rings. The number of nitrogens with one attached hydrogen (secondary N) is 1. The molecule has 0 radical (unpaired) electrons. The second-order valence-electron chi connectivity index (χ2n) is 3.48. The Balaban J connectivity index is 3.01. The van der Waals surface area contributed by atoms with Gasteiger partial charge in [-0.3, -0.25) is 0 Å². The summed E-state index contributed by atoms with van der Waals surface area (Å²) < 4.78 is 39.4. The van der Waals surface area contributed by atoms with Gasteiger partial charge in [-0.25, -0.2) is 17.5 Å². The van der Waals surface area contributed by atoms with Crippen LogP contribution in [0.2, 0.25) is 0 Å². The van der Waals surface area contributed by atoms with Gasteiger partial charge in [0.2, 0.25) is 10.0 Å². The molecule has 0 aliphatic carbocycles. The SMILES string of the molecule is CCC(CO)NS(=O)(=O)c1ccc(Br)c(F)c1. The summed E-state index contributed by atoms with van der Waals surface area (Å²) in [4.78, 5) is -0.162. The van der Waals surface area contributed by atoms with E-state index in [0.29, 0.717) is 6.42 Å². The van der Waals surface area contributed by atoms with E-state index in [0.717, 1.165) is 6.07 Å². The van der Waals surface area contributed by atoms with Gasteiger partial charge in [0.15, 0.2) is 0 Å². The summed E-state index contributed by atoms with van der Waals surface area (Å²) in [7, 11) is -3.79. The van der Waals surface area contributed by atoms with E-state index in [4.69, 9.17) is 5.11 Å². The molecule has 0 aliphatic heterocycles. The lowest BCUT2D eigenvalue weighted by molar-refractivity contribution is 0.254. The van der Waals surface area contributed by atoms with E-state index in [1.54, 1.807) is 6.92 Å². The van der Waals surface area contributed by atoms with Crippen LogP contribution in [-0.2, 0) is 10.0 Å². The number of aliphatic hydroxyl groups is 1. The van der Waals surface area contributed by atoms with Crippen molar-refractivity contribution in [3.63, 3.8) is 0 Å². The molecule has 0 saturated heterocycles. The van der Waals surface area contributed by atoms with Crippen molar-refractivity contribution in [2.45, 2.75) is 24.3 Å². The Morgan fingerprint density at radius 2 is 2.18 bits per heavy atom. The van der Waals surface area contributed by atoms with E-state index in [9.17, 15) is 12.8 Å². The maximum atomic E-state index is 13.2. The molecule has 0 saturated carbocycles. The Morgan fingerprint density at radius 1 is 1.53 bits per heavy atom. The van der Waals surface area contributed by atoms with Crippen LogP contribution in [0.1, 0.15) is 13.3 Å². The van der Waals surface area contributed by atoms with Gasteiger partial charge in [-0.15, -0.1) is 0 Å². The standard InChI is InChI=1S/C10H13BrFNO3S/c1-2-7(6-14)13-17(15,16)8-3-4-9(11)10(12)5-8/h3-5,7,13-14H,2,6H2,1H3. The summed E-state index contributed by atoms with van der Waals surface area (Å²) in [5, 5.41) is 8.93. The zero-order valence-corrected chi connectivity index (χ0v) is 11.6. The maximum absolute atomic E-state index is 13.2. The van der Waals surface area contributed by atoms with Crippen LogP contribution in [0.25, 0.3) is 0 Å². The zero-order valence-electron chi connectivity index (χ0n) is 9.15. The van der Waals surface area contributed by atoms with Gasteiger partial charge >= 0.3 is 0 Å². The molecule has 0 amide bonds. The molecule has 0 aliphatic rings. The van der Waals surface area contributed by atoms with Crippen LogP contribution in [0.3, 0.4) is 0 Å². The molecular formula is C10H13BrFNO3S. The van der Waals surface area contributed by atoms with Crippen molar-refractivity contribution in [3.05, 3.63) is 28.5 Å². The molecule has 2 N–H and O–H groups in total. The molecule has 0 fully saturated rings. The summed E-state index contributed by atoms with van der Waals surface area (Å²) in [5.41, 5.74) is 0. The fraction of sp³-hybridized carbons (Fsp3) is 0.400. The topological polar surface area (TPSA) is 66.4 Å². The molecule has 0 bridgehead atoms. The van der Waals surface area contributed by atoms with Crippen molar-refractivity contribution in [1.82, 2.24) is 4.72 Å². The summed E-state index contributed by atoms with van der Waals surface area (Å²) in [6.45, 7) is 1.44. The van der Waals surface area contributed by atoms with Crippen molar-refractivity contribution in [2.75, 3.05) is 6.61 Å². The van der Waals surface area contributed by atoms with Crippen LogP contribution in [0, 0.1) is 5.82 Å². The Morgan fingerprint density at radius 3 is 2.65 bits per heavy atom. The predicted octanol–water partition coefficient (Wildman–Crippen LogP) is 1.64. The van der Waals surface area contributed by atoms with Gasteiger partial charge < -0.3 is 5.11 Å². The Hall–Kier alpha value is -0.500. The molecule has 4 nitrogen and oxygen atoms in total. The van der Waals surface area contributed by atoms with E-state index in [1.807, 2.05) is 0 Å². The minimum atomic E-state index is -3.79. The largest absolute Gasteiger partial charge is 0.395 e. The highest BCUT2D eigenvalue weighted by molar-refractivity contribution is 9.10. The van der Waals surface area contributed by atoms with E-state index in [1.165, 1.54) is 12.1 Å². The monoisotopic (exact) mass is 325 g/mol. The van der Waals surface area contributed by atoms with Gasteiger partial charge in [0, 0.05) is 6.04 Å². The second kappa shape index (κ2) is 5.90. The predicted molar refractivity (Wildman–Crippen MR) is 65.6 cm³/mol. The Bertz CT molecular complexity index is 488.